The number of nitrogens with zero attached hydrogens (tertiary/aromatic N) is 4. The molecule has 138 heavy (non-hydrogen) atoms. The fourth-order valence-corrected chi connectivity index (χ4v) is 13.5. The summed E-state index contributed by atoms with van der Waals surface area (Å²) in [5.41, 5.74) is 19.3. The van der Waals surface area contributed by atoms with Gasteiger partial charge in [-0.3, -0.25) is 21.7 Å². The van der Waals surface area contributed by atoms with E-state index in [9.17, 15) is 19.2 Å². The van der Waals surface area contributed by atoms with Gasteiger partial charge in [-0.1, -0.05) is 146 Å². The standard InChI is InChI=1S/4C25H21N3O4S.C4H8O2/c4*1-30-21-10-6-9-20(14-21)27-25(33)28-26-15-18-8-3-4-11-22(18)31-16-19-13-17-7-2-5-12-23(17)32-24(19)29;1-2-6-4-3-5-1/h4*2-15H,16H2,1H3,(H2,27,28,33);1-4H2/b4*26-15+;. The Morgan fingerprint density at radius 2 is 0.486 bits per heavy atom. The Kier molecular flexibility index (Phi) is 37.2. The number of rotatable bonds is 28. The van der Waals surface area contributed by atoms with Gasteiger partial charge in [-0.05, 0) is 194 Å². The lowest BCUT2D eigenvalue weighted by molar-refractivity contribution is -0.0334. The zero-order valence-electron chi connectivity index (χ0n) is 74.8. The number of hydrogen-bond donors (Lipinski definition) is 8. The first-order valence-electron chi connectivity index (χ1n) is 42.6. The molecule has 0 spiro atoms. The summed E-state index contributed by atoms with van der Waals surface area (Å²) in [6, 6.07) is 95.6. The molecule has 0 radical (unpaired) electrons. The van der Waals surface area contributed by atoms with E-state index in [1.165, 1.54) is 0 Å². The lowest BCUT2D eigenvalue weighted by Gasteiger charge is -2.10. The molecule has 0 amide bonds. The first-order chi connectivity index (χ1) is 67.5. The summed E-state index contributed by atoms with van der Waals surface area (Å²) in [6.07, 6.45) is 6.38. The molecule has 1 aliphatic heterocycles. The predicted octanol–water partition coefficient (Wildman–Crippen LogP) is 18.8. The Morgan fingerprint density at radius 1 is 0.275 bits per heavy atom. The molecule has 1 fully saturated rings. The number of methoxy groups -OCH3 is 4. The molecule has 4 aromatic heterocycles. The molecule has 0 atom stereocenters. The molecular weight excluding hydrogens is 1830 g/mol. The quantitative estimate of drug-likeness (QED) is 0.00977. The third-order valence-corrected chi connectivity index (χ3v) is 20.4. The summed E-state index contributed by atoms with van der Waals surface area (Å²) in [5, 5.41) is 33.5. The molecule has 17 rings (SSSR count). The minimum absolute atomic E-state index is 0.0707. The number of thiocarbonyl (C=S) groups is 4. The van der Waals surface area contributed by atoms with Crippen LogP contribution in [0.4, 0.5) is 22.7 Å². The van der Waals surface area contributed by atoms with Gasteiger partial charge >= 0.3 is 22.5 Å². The van der Waals surface area contributed by atoms with E-state index in [1.807, 2.05) is 243 Å². The summed E-state index contributed by atoms with van der Waals surface area (Å²) in [4.78, 5) is 49.1. The summed E-state index contributed by atoms with van der Waals surface area (Å²) in [7, 11) is 6.41. The van der Waals surface area contributed by atoms with Crippen LogP contribution in [-0.2, 0) is 35.9 Å². The molecule has 1 aliphatic rings. The highest BCUT2D eigenvalue weighted by Crippen LogP contribution is 2.27. The van der Waals surface area contributed by atoms with Gasteiger partial charge in [-0.2, -0.15) is 20.4 Å². The van der Waals surface area contributed by atoms with Gasteiger partial charge < -0.3 is 86.3 Å². The maximum absolute atomic E-state index is 12.3. The van der Waals surface area contributed by atoms with Crippen molar-refractivity contribution in [1.29, 1.82) is 0 Å². The summed E-state index contributed by atoms with van der Waals surface area (Å²) >= 11 is 21.1. The summed E-state index contributed by atoms with van der Waals surface area (Å²) in [5.74, 6) is 5.17. The number of hydrogen-bond acceptors (Lipinski definition) is 26. The zero-order valence-corrected chi connectivity index (χ0v) is 78.0. The largest absolute Gasteiger partial charge is 0.497 e. The number of benzene rings is 12. The molecule has 30 nitrogen and oxygen atoms in total. The van der Waals surface area contributed by atoms with Crippen molar-refractivity contribution in [3.8, 4) is 46.0 Å². The van der Waals surface area contributed by atoms with Crippen molar-refractivity contribution >= 4 is 161 Å². The van der Waals surface area contributed by atoms with Crippen LogP contribution in [0.15, 0.2) is 373 Å². The Bertz CT molecular complexity index is 6420. The van der Waals surface area contributed by atoms with Gasteiger partial charge in [0.25, 0.3) is 0 Å². The number of anilines is 4. The van der Waals surface area contributed by atoms with Crippen molar-refractivity contribution in [1.82, 2.24) is 21.7 Å². The van der Waals surface area contributed by atoms with Gasteiger partial charge in [0.15, 0.2) is 20.4 Å². The van der Waals surface area contributed by atoms with Crippen LogP contribution >= 0.6 is 48.9 Å². The number of nitrogens with one attached hydrogen (secondary N) is 8. The number of para-hydroxylation sites is 8. The molecule has 12 aromatic carbocycles. The topological polar surface area (TPSA) is 359 Å². The fourth-order valence-electron chi connectivity index (χ4n) is 12.8. The molecule has 700 valence electrons. The average Bonchev–Trinajstić information content (AvgIpc) is 0.827. The molecule has 0 bridgehead atoms. The molecule has 5 heterocycles. The molecule has 0 saturated carbocycles. The van der Waals surface area contributed by atoms with Crippen LogP contribution in [0.2, 0.25) is 0 Å². The van der Waals surface area contributed by atoms with Crippen LogP contribution in [0.25, 0.3) is 43.9 Å². The van der Waals surface area contributed by atoms with E-state index in [4.69, 9.17) is 114 Å². The van der Waals surface area contributed by atoms with E-state index in [1.54, 1.807) is 126 Å². The van der Waals surface area contributed by atoms with Crippen molar-refractivity contribution in [3.05, 3.63) is 402 Å². The van der Waals surface area contributed by atoms with E-state index in [0.29, 0.717) is 88.0 Å². The monoisotopic (exact) mass is 1920 g/mol. The molecule has 34 heteroatoms. The Balaban J connectivity index is 0.000000152. The number of hydrazone groups is 4. The highest BCUT2D eigenvalue weighted by atomic mass is 32.1. The molecule has 8 N–H and O–H groups in total. The smallest absolute Gasteiger partial charge is 0.342 e. The normalized spacial score (nSPS) is 11.4. The number of fused-ring (bicyclic) bond motifs is 4. The average molecular weight is 1930 g/mol. The molecule has 1 saturated heterocycles. The molecule has 0 unspecified atom stereocenters. The van der Waals surface area contributed by atoms with Crippen LogP contribution in [-0.4, -0.2) is 100 Å². The zero-order chi connectivity index (χ0) is 96.4. The highest BCUT2D eigenvalue weighted by molar-refractivity contribution is 7.81. The lowest BCUT2D eigenvalue weighted by atomic mass is 10.2. The van der Waals surface area contributed by atoms with Crippen molar-refractivity contribution in [2.45, 2.75) is 26.4 Å². The SMILES string of the molecule is C1COCCO1.COc1cccc(NC(=S)N/N=C/c2ccccc2OCc2cc3ccccc3oc2=O)c1.COc1cccc(NC(=S)N/N=C/c2ccccc2OCc2cc3ccccc3oc2=O)c1.COc1cccc(NC(=S)N/N=C/c2ccccc2OCc2cc3ccccc3oc2=O)c1.COc1cccc(NC(=S)N/N=C/c2ccccc2OCc2cc3ccccc3oc2=O)c1. The van der Waals surface area contributed by atoms with E-state index in [2.05, 4.69) is 63.4 Å². The van der Waals surface area contributed by atoms with Gasteiger partial charge in [0, 0.05) is 90.8 Å². The van der Waals surface area contributed by atoms with Crippen LogP contribution in [0.1, 0.15) is 44.5 Å². The van der Waals surface area contributed by atoms with E-state index < -0.39 is 22.5 Å². The minimum atomic E-state index is -0.421. The van der Waals surface area contributed by atoms with Crippen LogP contribution in [0.3, 0.4) is 0 Å². The van der Waals surface area contributed by atoms with Crippen LogP contribution in [0, 0.1) is 0 Å². The van der Waals surface area contributed by atoms with E-state index in [-0.39, 0.29) is 26.4 Å². The van der Waals surface area contributed by atoms with Gasteiger partial charge in [-0.25, -0.2) is 19.2 Å². The first-order valence-corrected chi connectivity index (χ1v) is 44.2. The van der Waals surface area contributed by atoms with Gasteiger partial charge in [0.1, 0.15) is 94.8 Å². The third-order valence-electron chi connectivity index (χ3n) is 19.6. The van der Waals surface area contributed by atoms with Crippen LogP contribution < -0.4 is 103 Å². The Labute approximate surface area is 812 Å². The van der Waals surface area contributed by atoms with Gasteiger partial charge in [-0.15, -0.1) is 0 Å². The van der Waals surface area contributed by atoms with Crippen molar-refractivity contribution in [3.63, 3.8) is 0 Å². The first kappa shape index (κ1) is 98.7. The second-order valence-corrected chi connectivity index (χ2v) is 30.8. The van der Waals surface area contributed by atoms with E-state index in [0.717, 1.165) is 116 Å². The molecule has 16 aromatic rings. The summed E-state index contributed by atoms with van der Waals surface area (Å²) in [6.45, 7) is 3.39. The Morgan fingerprint density at radius 3 is 0.703 bits per heavy atom. The fraction of sp³-hybridized carbons (Fsp3) is 0.115. The highest BCUT2D eigenvalue weighted by Gasteiger charge is 2.15. The number of ether oxygens (including phenoxy) is 10. The van der Waals surface area contributed by atoms with Crippen molar-refractivity contribution < 1.29 is 65.0 Å². The second kappa shape index (κ2) is 52.0. The second-order valence-electron chi connectivity index (χ2n) is 29.1. The van der Waals surface area contributed by atoms with Crippen molar-refractivity contribution in [2.75, 3.05) is 76.1 Å². The lowest BCUT2D eigenvalue weighted by Crippen LogP contribution is -2.23. The van der Waals surface area contributed by atoms with Gasteiger partial charge in [0.2, 0.25) is 0 Å². The predicted molar refractivity (Wildman–Crippen MR) is 554 cm³/mol. The Hall–Kier alpha value is -16.8. The maximum Gasteiger partial charge on any atom is 0.342 e. The van der Waals surface area contributed by atoms with Crippen LogP contribution in [0.5, 0.6) is 46.0 Å². The van der Waals surface area contributed by atoms with E-state index >= 15 is 0 Å². The molecular formula is C104H92N12O18S4. The summed E-state index contributed by atoms with van der Waals surface area (Å²) < 4.78 is 75.7. The van der Waals surface area contributed by atoms with Crippen molar-refractivity contribution in [2.24, 2.45) is 20.4 Å². The third kappa shape index (κ3) is 30.6. The maximum atomic E-state index is 12.3. The minimum Gasteiger partial charge on any atom is -0.497 e. The van der Waals surface area contributed by atoms with Gasteiger partial charge in [0.05, 0.1) is 102 Å². The molecule has 0 aliphatic carbocycles.